The molecule has 2 unspecified atom stereocenters. The van der Waals surface area contributed by atoms with Crippen molar-refractivity contribution in [2.75, 3.05) is 0 Å². The van der Waals surface area contributed by atoms with Crippen molar-refractivity contribution in [1.82, 2.24) is 0 Å². The minimum Gasteiger partial charge on any atom is -0.458 e. The summed E-state index contributed by atoms with van der Waals surface area (Å²) in [7, 11) is 0. The molecule has 5 rings (SSSR count). The Morgan fingerprint density at radius 2 is 1.54 bits per heavy atom. The summed E-state index contributed by atoms with van der Waals surface area (Å²) in [6.07, 6.45) is 11.5. The van der Waals surface area contributed by atoms with Gasteiger partial charge in [0.2, 0.25) is 0 Å². The number of thiol groups is 1. The first-order valence-corrected chi connectivity index (χ1v) is 16.1. The van der Waals surface area contributed by atoms with Crippen LogP contribution in [-0.4, -0.2) is 17.3 Å². The zero-order valence-electron chi connectivity index (χ0n) is 25.5. The number of carbonyl (C=O) groups is 1. The van der Waals surface area contributed by atoms with E-state index in [1.165, 1.54) is 51.4 Å². The number of ether oxygens (including phenoxy) is 1. The molecule has 0 aromatic carbocycles. The van der Waals surface area contributed by atoms with E-state index < -0.39 is 0 Å². The smallest absolute Gasteiger partial charge is 0.333 e. The van der Waals surface area contributed by atoms with Crippen LogP contribution in [0.15, 0.2) is 12.2 Å². The average Bonchev–Trinajstić information content (AvgIpc) is 2.81. The highest BCUT2D eigenvalue weighted by atomic mass is 32.1. The van der Waals surface area contributed by atoms with Crippen LogP contribution in [-0.2, 0) is 9.53 Å². The van der Waals surface area contributed by atoms with Gasteiger partial charge in [-0.1, -0.05) is 62.0 Å². The van der Waals surface area contributed by atoms with Gasteiger partial charge in [0, 0.05) is 16.2 Å². The largest absolute Gasteiger partial charge is 0.458 e. The van der Waals surface area contributed by atoms with Gasteiger partial charge in [0.15, 0.2) is 0 Å². The Hall–Kier alpha value is -0.440. The lowest BCUT2D eigenvalue weighted by molar-refractivity contribution is -0.268. The minimum atomic E-state index is -0.212. The predicted octanol–water partition coefficient (Wildman–Crippen LogP) is 9.14. The monoisotopic (exact) mass is 528 g/mol. The third-order valence-corrected chi connectivity index (χ3v) is 15.6. The molecule has 5 aliphatic carbocycles. The van der Waals surface area contributed by atoms with Crippen LogP contribution in [0.3, 0.4) is 0 Å². The van der Waals surface area contributed by atoms with Crippen LogP contribution in [0.1, 0.15) is 120 Å². The van der Waals surface area contributed by atoms with Gasteiger partial charge < -0.3 is 4.74 Å². The molecule has 0 N–H and O–H groups in total. The summed E-state index contributed by atoms with van der Waals surface area (Å²) in [5.74, 6) is 4.20. The van der Waals surface area contributed by atoms with Crippen LogP contribution in [0.5, 0.6) is 0 Å². The second kappa shape index (κ2) is 8.78. The summed E-state index contributed by atoms with van der Waals surface area (Å²) in [5.41, 5.74) is 1.76. The maximum absolute atomic E-state index is 12.9. The van der Waals surface area contributed by atoms with Crippen molar-refractivity contribution in [3.8, 4) is 0 Å². The fraction of sp³-hybridized carbons (Fsp3) is 0.912. The molecule has 0 aromatic rings. The molecule has 0 amide bonds. The van der Waals surface area contributed by atoms with Gasteiger partial charge in [0.25, 0.3) is 0 Å². The van der Waals surface area contributed by atoms with Gasteiger partial charge in [-0.3, -0.25) is 0 Å². The van der Waals surface area contributed by atoms with Crippen LogP contribution in [0, 0.1) is 62.6 Å². The van der Waals surface area contributed by atoms with Crippen LogP contribution in [0.4, 0.5) is 0 Å². The van der Waals surface area contributed by atoms with Crippen LogP contribution in [0.2, 0.25) is 0 Å². The molecule has 210 valence electrons. The van der Waals surface area contributed by atoms with Gasteiger partial charge in [0.05, 0.1) is 0 Å². The number of rotatable bonds is 2. The van der Waals surface area contributed by atoms with Crippen molar-refractivity contribution >= 4 is 18.6 Å². The molecule has 2 nitrogen and oxygen atoms in total. The predicted molar refractivity (Wildman–Crippen MR) is 158 cm³/mol. The number of carbonyl (C=O) groups excluding carboxylic acids is 1. The van der Waals surface area contributed by atoms with E-state index in [4.69, 9.17) is 17.4 Å². The Morgan fingerprint density at radius 3 is 2.19 bits per heavy atom. The van der Waals surface area contributed by atoms with Crippen molar-refractivity contribution in [3.63, 3.8) is 0 Å². The summed E-state index contributed by atoms with van der Waals surface area (Å²) in [6, 6.07) is 0. The van der Waals surface area contributed by atoms with Crippen LogP contribution in [0.25, 0.3) is 0 Å². The maximum atomic E-state index is 12.9. The van der Waals surface area contributed by atoms with Crippen LogP contribution >= 0.6 is 12.6 Å². The Morgan fingerprint density at radius 1 is 0.865 bits per heavy atom. The highest BCUT2D eigenvalue weighted by Gasteiger charge is 2.72. The topological polar surface area (TPSA) is 26.3 Å². The normalized spacial score (nSPS) is 54.6. The molecular formula is C34H56O2S. The van der Waals surface area contributed by atoms with Gasteiger partial charge >= 0.3 is 5.97 Å². The zero-order valence-corrected chi connectivity index (χ0v) is 26.3. The van der Waals surface area contributed by atoms with E-state index >= 15 is 0 Å². The highest BCUT2D eigenvalue weighted by molar-refractivity contribution is 7.81. The first kappa shape index (κ1) is 28.1. The fourth-order valence-electron chi connectivity index (χ4n) is 12.0. The van der Waals surface area contributed by atoms with Gasteiger partial charge in [0.1, 0.15) is 6.10 Å². The highest BCUT2D eigenvalue weighted by Crippen LogP contribution is 2.77. The molecular weight excluding hydrogens is 472 g/mol. The molecule has 0 spiro atoms. The van der Waals surface area contributed by atoms with E-state index in [-0.39, 0.29) is 33.6 Å². The number of esters is 1. The van der Waals surface area contributed by atoms with Gasteiger partial charge in [-0.25, -0.2) is 4.79 Å². The third-order valence-electron chi connectivity index (χ3n) is 14.7. The van der Waals surface area contributed by atoms with E-state index in [1.54, 1.807) is 6.92 Å². The summed E-state index contributed by atoms with van der Waals surface area (Å²) in [5, 5.41) is 0.241. The molecule has 5 saturated carbocycles. The van der Waals surface area contributed by atoms with Crippen LogP contribution < -0.4 is 0 Å². The van der Waals surface area contributed by atoms with Crippen molar-refractivity contribution in [3.05, 3.63) is 12.2 Å². The van der Waals surface area contributed by atoms with Crippen molar-refractivity contribution in [2.45, 2.75) is 131 Å². The standard InChI is InChI=1S/C34H56O2S/c1-20(2)29(35)36-26-19-27(37)30(5,6)24-14-16-33(9)25(34(24,26)10)12-11-23-28-22(4)21(3)13-15-31(28,7)17-18-32(23,33)8/h21-28,37H,1,11-19H2,2-10H3/t21-,22+,23-,24+,25+,26?,27?,28+,31-,32-,33-,34+/m1/s1. The summed E-state index contributed by atoms with van der Waals surface area (Å²) in [4.78, 5) is 12.9. The molecule has 0 aromatic heterocycles. The lowest BCUT2D eigenvalue weighted by Gasteiger charge is -2.74. The van der Waals surface area contributed by atoms with Gasteiger partial charge in [-0.15, -0.1) is 0 Å². The first-order chi connectivity index (χ1) is 17.0. The SMILES string of the molecule is C=C(C)C(=O)OC1CC(S)C(C)(C)[C@@H]2CC[C@]3(C)[C@H](CC[C@@H]4[C@@H]5[C@@H](C)[C@H](C)CC[C@]5(C)CC[C@]43C)[C@@]12C. The molecule has 3 heteroatoms. The molecule has 12 atom stereocenters. The van der Waals surface area contributed by atoms with E-state index in [1.807, 2.05) is 0 Å². The lowest BCUT2D eigenvalue weighted by atomic mass is 9.31. The fourth-order valence-corrected chi connectivity index (χ4v) is 12.4. The van der Waals surface area contributed by atoms with E-state index in [2.05, 4.69) is 62.0 Å². The Bertz CT molecular complexity index is 955. The van der Waals surface area contributed by atoms with Gasteiger partial charge in [-0.05, 0) is 122 Å². The Labute approximate surface area is 233 Å². The molecule has 0 saturated heterocycles. The molecule has 0 radical (unpaired) electrons. The Balaban J connectivity index is 1.57. The summed E-state index contributed by atoms with van der Waals surface area (Å²) in [6.45, 7) is 26.3. The Kier molecular flexibility index (Phi) is 6.67. The maximum Gasteiger partial charge on any atom is 0.333 e. The first-order valence-electron chi connectivity index (χ1n) is 15.6. The van der Waals surface area contributed by atoms with E-state index in [9.17, 15) is 4.79 Å². The zero-order chi connectivity index (χ0) is 27.3. The molecule has 0 aliphatic heterocycles. The molecule has 5 fully saturated rings. The second-order valence-corrected chi connectivity index (χ2v) is 17.0. The number of fused-ring (bicyclic) bond motifs is 7. The van der Waals surface area contributed by atoms with E-state index in [0.717, 1.165) is 30.1 Å². The lowest BCUT2D eigenvalue weighted by Crippen LogP contribution is -2.70. The molecule has 0 heterocycles. The van der Waals surface area contributed by atoms with Crippen molar-refractivity contribution in [2.24, 2.45) is 62.6 Å². The summed E-state index contributed by atoms with van der Waals surface area (Å²) >= 11 is 5.12. The van der Waals surface area contributed by atoms with E-state index in [0.29, 0.717) is 28.2 Å². The second-order valence-electron chi connectivity index (χ2n) is 16.3. The summed E-state index contributed by atoms with van der Waals surface area (Å²) < 4.78 is 6.40. The van der Waals surface area contributed by atoms with Crippen molar-refractivity contribution < 1.29 is 9.53 Å². The molecule has 37 heavy (non-hydrogen) atoms. The molecule has 0 bridgehead atoms. The number of hydrogen-bond donors (Lipinski definition) is 1. The average molecular weight is 529 g/mol. The van der Waals surface area contributed by atoms with Crippen molar-refractivity contribution in [1.29, 1.82) is 0 Å². The minimum absolute atomic E-state index is 0.0267. The molecule has 5 aliphatic rings. The number of hydrogen-bond acceptors (Lipinski definition) is 3. The quantitative estimate of drug-likeness (QED) is 0.220. The van der Waals surface area contributed by atoms with Gasteiger partial charge in [-0.2, -0.15) is 12.6 Å². The third kappa shape index (κ3) is 3.66.